The standard InChI is InChI=1S/C25H31F3N4O/c1-19(2)32-23-11-4-3-10-22(23)31(24(32)33)13-6-5-12-29-14-16-30(17-15-29)21-9-7-8-20(18-21)25(26,27)28/h3-4,7-11,18-19H,5-6,12-17H2,1-2H3. The molecule has 0 atom stereocenters. The highest BCUT2D eigenvalue weighted by Crippen LogP contribution is 2.31. The molecular weight excluding hydrogens is 429 g/mol. The molecule has 0 radical (unpaired) electrons. The lowest BCUT2D eigenvalue weighted by atomic mass is 10.1. The van der Waals surface area contributed by atoms with E-state index in [-0.39, 0.29) is 11.7 Å². The zero-order valence-corrected chi connectivity index (χ0v) is 19.2. The highest BCUT2D eigenvalue weighted by molar-refractivity contribution is 5.76. The first-order chi connectivity index (χ1) is 15.8. The number of piperazine rings is 1. The number of rotatable bonds is 7. The number of imidazole rings is 1. The second kappa shape index (κ2) is 9.63. The number of unbranched alkanes of at least 4 members (excludes halogenated alkanes) is 1. The van der Waals surface area contributed by atoms with Crippen LogP contribution in [0.3, 0.4) is 0 Å². The lowest BCUT2D eigenvalue weighted by Gasteiger charge is -2.36. The molecule has 178 valence electrons. The van der Waals surface area contributed by atoms with Crippen LogP contribution in [0, 0.1) is 0 Å². The van der Waals surface area contributed by atoms with Crippen LogP contribution in [0.2, 0.25) is 0 Å². The maximum atomic E-state index is 13.0. The number of para-hydroxylation sites is 2. The van der Waals surface area contributed by atoms with E-state index in [2.05, 4.69) is 4.90 Å². The summed E-state index contributed by atoms with van der Waals surface area (Å²) in [4.78, 5) is 17.3. The smallest absolute Gasteiger partial charge is 0.369 e. The quantitative estimate of drug-likeness (QED) is 0.465. The van der Waals surface area contributed by atoms with Crippen molar-refractivity contribution in [2.24, 2.45) is 0 Å². The van der Waals surface area contributed by atoms with Gasteiger partial charge in [0.05, 0.1) is 16.6 Å². The Kier molecular flexibility index (Phi) is 6.83. The normalized spacial score (nSPS) is 15.6. The topological polar surface area (TPSA) is 33.4 Å². The van der Waals surface area contributed by atoms with Crippen molar-refractivity contribution in [3.8, 4) is 0 Å². The number of nitrogens with zero attached hydrogens (tertiary/aromatic N) is 4. The molecule has 1 fully saturated rings. The zero-order chi connectivity index (χ0) is 23.6. The lowest BCUT2D eigenvalue weighted by molar-refractivity contribution is -0.137. The summed E-state index contributed by atoms with van der Waals surface area (Å²) in [5, 5.41) is 0. The molecule has 4 rings (SSSR count). The molecule has 0 unspecified atom stereocenters. The van der Waals surface area contributed by atoms with Gasteiger partial charge in [-0.1, -0.05) is 18.2 Å². The molecule has 1 aromatic heterocycles. The molecular formula is C25H31F3N4O. The molecule has 0 aliphatic carbocycles. The van der Waals surface area contributed by atoms with Crippen LogP contribution in [0.5, 0.6) is 0 Å². The Hall–Kier alpha value is -2.74. The summed E-state index contributed by atoms with van der Waals surface area (Å²) < 4.78 is 42.7. The Morgan fingerprint density at radius 3 is 2.21 bits per heavy atom. The van der Waals surface area contributed by atoms with Crippen LogP contribution in [-0.2, 0) is 12.7 Å². The van der Waals surface area contributed by atoms with Gasteiger partial charge in [0.15, 0.2) is 0 Å². The first-order valence-electron chi connectivity index (χ1n) is 11.6. The number of fused-ring (bicyclic) bond motifs is 1. The molecule has 0 saturated carbocycles. The van der Waals surface area contributed by atoms with E-state index >= 15 is 0 Å². The number of hydrogen-bond acceptors (Lipinski definition) is 3. The summed E-state index contributed by atoms with van der Waals surface area (Å²) in [7, 11) is 0. The van der Waals surface area contributed by atoms with Gasteiger partial charge in [-0.2, -0.15) is 13.2 Å². The maximum absolute atomic E-state index is 13.0. The maximum Gasteiger partial charge on any atom is 0.416 e. The summed E-state index contributed by atoms with van der Waals surface area (Å²) >= 11 is 0. The Bertz CT molecular complexity index is 1140. The minimum absolute atomic E-state index is 0.0425. The third-order valence-corrected chi connectivity index (χ3v) is 6.40. The fraction of sp³-hybridized carbons (Fsp3) is 0.480. The number of halogens is 3. The Labute approximate surface area is 192 Å². The molecule has 3 aromatic rings. The fourth-order valence-electron chi connectivity index (χ4n) is 4.66. The number of anilines is 1. The largest absolute Gasteiger partial charge is 0.416 e. The molecule has 33 heavy (non-hydrogen) atoms. The first-order valence-corrected chi connectivity index (χ1v) is 11.6. The van der Waals surface area contributed by atoms with Crippen LogP contribution < -0.4 is 10.6 Å². The van der Waals surface area contributed by atoms with Gasteiger partial charge in [0.1, 0.15) is 0 Å². The van der Waals surface area contributed by atoms with E-state index in [9.17, 15) is 18.0 Å². The Balaban J connectivity index is 1.29. The van der Waals surface area contributed by atoms with E-state index in [4.69, 9.17) is 0 Å². The highest BCUT2D eigenvalue weighted by atomic mass is 19.4. The molecule has 2 heterocycles. The number of benzene rings is 2. The van der Waals surface area contributed by atoms with Crippen molar-refractivity contribution in [2.75, 3.05) is 37.6 Å². The summed E-state index contributed by atoms with van der Waals surface area (Å²) in [5.41, 5.74) is 2.02. The monoisotopic (exact) mass is 460 g/mol. The van der Waals surface area contributed by atoms with Crippen molar-refractivity contribution >= 4 is 16.7 Å². The molecule has 1 aliphatic rings. The minimum Gasteiger partial charge on any atom is -0.369 e. The van der Waals surface area contributed by atoms with E-state index in [0.717, 1.165) is 49.6 Å². The van der Waals surface area contributed by atoms with E-state index in [1.807, 2.05) is 52.1 Å². The van der Waals surface area contributed by atoms with Crippen LogP contribution in [0.15, 0.2) is 53.3 Å². The van der Waals surface area contributed by atoms with Gasteiger partial charge in [-0.05, 0) is 63.6 Å². The molecule has 2 aromatic carbocycles. The molecule has 5 nitrogen and oxygen atoms in total. The fourth-order valence-corrected chi connectivity index (χ4v) is 4.66. The first kappa shape index (κ1) is 23.4. The Morgan fingerprint density at radius 2 is 1.55 bits per heavy atom. The van der Waals surface area contributed by atoms with Crippen molar-refractivity contribution in [1.29, 1.82) is 0 Å². The van der Waals surface area contributed by atoms with Crippen LogP contribution in [-0.4, -0.2) is 46.8 Å². The van der Waals surface area contributed by atoms with Crippen molar-refractivity contribution in [1.82, 2.24) is 14.0 Å². The van der Waals surface area contributed by atoms with E-state index in [1.165, 1.54) is 12.1 Å². The van der Waals surface area contributed by atoms with Crippen LogP contribution >= 0.6 is 0 Å². The average molecular weight is 461 g/mol. The van der Waals surface area contributed by atoms with Crippen LogP contribution in [0.1, 0.15) is 38.3 Å². The van der Waals surface area contributed by atoms with E-state index in [0.29, 0.717) is 25.3 Å². The van der Waals surface area contributed by atoms with Gasteiger partial charge in [-0.25, -0.2) is 4.79 Å². The summed E-state index contributed by atoms with van der Waals surface area (Å²) in [6.07, 6.45) is -2.45. The Morgan fingerprint density at radius 1 is 0.879 bits per heavy atom. The summed E-state index contributed by atoms with van der Waals surface area (Å²) in [6, 6.07) is 13.6. The third kappa shape index (κ3) is 5.11. The van der Waals surface area contributed by atoms with Crippen molar-refractivity contribution in [3.63, 3.8) is 0 Å². The molecule has 8 heteroatoms. The van der Waals surface area contributed by atoms with Crippen molar-refractivity contribution < 1.29 is 13.2 Å². The number of hydrogen-bond donors (Lipinski definition) is 0. The molecule has 0 N–H and O–H groups in total. The van der Waals surface area contributed by atoms with Gasteiger partial charge in [0, 0.05) is 44.5 Å². The molecule has 0 spiro atoms. The second-order valence-electron chi connectivity index (χ2n) is 8.97. The number of aryl methyl sites for hydroxylation is 1. The zero-order valence-electron chi connectivity index (χ0n) is 19.2. The molecule has 0 bridgehead atoms. The highest BCUT2D eigenvalue weighted by Gasteiger charge is 2.31. The number of alkyl halides is 3. The van der Waals surface area contributed by atoms with Gasteiger partial charge in [0.2, 0.25) is 0 Å². The van der Waals surface area contributed by atoms with Gasteiger partial charge >= 0.3 is 11.9 Å². The summed E-state index contributed by atoms with van der Waals surface area (Å²) in [6.45, 7) is 8.72. The predicted octanol–water partition coefficient (Wildman–Crippen LogP) is 5.01. The van der Waals surface area contributed by atoms with Gasteiger partial charge in [-0.3, -0.25) is 14.0 Å². The van der Waals surface area contributed by atoms with Gasteiger partial charge in [-0.15, -0.1) is 0 Å². The SMILES string of the molecule is CC(C)n1c(=O)n(CCCCN2CCN(c3cccc(C(F)(F)F)c3)CC2)c2ccccc21. The van der Waals surface area contributed by atoms with E-state index in [1.54, 1.807) is 6.07 Å². The van der Waals surface area contributed by atoms with E-state index < -0.39 is 11.7 Å². The average Bonchev–Trinajstić information content (AvgIpc) is 3.08. The molecule has 1 aliphatic heterocycles. The minimum atomic E-state index is -4.32. The van der Waals surface area contributed by atoms with Crippen LogP contribution in [0.4, 0.5) is 18.9 Å². The molecule has 0 amide bonds. The predicted molar refractivity (Wildman–Crippen MR) is 126 cm³/mol. The van der Waals surface area contributed by atoms with Crippen LogP contribution in [0.25, 0.3) is 11.0 Å². The third-order valence-electron chi connectivity index (χ3n) is 6.40. The number of aromatic nitrogens is 2. The van der Waals surface area contributed by atoms with Gasteiger partial charge < -0.3 is 4.90 Å². The van der Waals surface area contributed by atoms with Crippen molar-refractivity contribution in [2.45, 2.75) is 45.5 Å². The lowest BCUT2D eigenvalue weighted by Crippen LogP contribution is -2.46. The molecule has 1 saturated heterocycles. The summed E-state index contributed by atoms with van der Waals surface area (Å²) in [5.74, 6) is 0. The van der Waals surface area contributed by atoms with Gasteiger partial charge in [0.25, 0.3) is 0 Å². The second-order valence-corrected chi connectivity index (χ2v) is 8.97. The van der Waals surface area contributed by atoms with Crippen molar-refractivity contribution in [3.05, 3.63) is 64.6 Å².